The van der Waals surface area contributed by atoms with E-state index in [-0.39, 0.29) is 5.91 Å². The van der Waals surface area contributed by atoms with E-state index in [9.17, 15) is 4.79 Å². The van der Waals surface area contributed by atoms with Crippen molar-refractivity contribution in [2.75, 3.05) is 7.05 Å². The summed E-state index contributed by atoms with van der Waals surface area (Å²) in [5.41, 5.74) is 1.05. The zero-order valence-electron chi connectivity index (χ0n) is 7.75. The lowest BCUT2D eigenvalue weighted by atomic mass is 10.2. The van der Waals surface area contributed by atoms with E-state index in [1.54, 1.807) is 18.9 Å². The molecule has 0 N–H and O–H groups in total. The van der Waals surface area contributed by atoms with E-state index in [2.05, 4.69) is 0 Å². The highest BCUT2D eigenvalue weighted by Crippen LogP contribution is 2.11. The van der Waals surface area contributed by atoms with E-state index in [4.69, 9.17) is 11.6 Å². The van der Waals surface area contributed by atoms with E-state index < -0.39 is 0 Å². The lowest BCUT2D eigenvalue weighted by Crippen LogP contribution is -2.22. The summed E-state index contributed by atoms with van der Waals surface area (Å²) in [6, 6.07) is 7.51. The number of carbonyl (C=O) groups is 1. The second-order valence-electron chi connectivity index (χ2n) is 3.01. The van der Waals surface area contributed by atoms with E-state index in [0.717, 1.165) is 5.56 Å². The highest BCUT2D eigenvalue weighted by atomic mass is 35.5. The predicted octanol–water partition coefficient (Wildman–Crippen LogP) is 2.32. The Hall–Kier alpha value is -1.02. The molecular weight excluding hydrogens is 186 g/mol. The average molecular weight is 198 g/mol. The van der Waals surface area contributed by atoms with Gasteiger partial charge >= 0.3 is 0 Å². The van der Waals surface area contributed by atoms with E-state index in [1.807, 2.05) is 24.3 Å². The second-order valence-corrected chi connectivity index (χ2v) is 3.44. The molecule has 0 aromatic heterocycles. The molecule has 0 aliphatic rings. The van der Waals surface area contributed by atoms with Gasteiger partial charge in [-0.15, -0.1) is 0 Å². The van der Waals surface area contributed by atoms with Gasteiger partial charge in [-0.05, 0) is 17.7 Å². The minimum atomic E-state index is 0.0555. The molecule has 0 heterocycles. The summed E-state index contributed by atoms with van der Waals surface area (Å²) in [5, 5.41) is 0.703. The molecule has 0 atom stereocenters. The average Bonchev–Trinajstić information content (AvgIpc) is 2.04. The quantitative estimate of drug-likeness (QED) is 0.713. The van der Waals surface area contributed by atoms with E-state index in [0.29, 0.717) is 11.6 Å². The van der Waals surface area contributed by atoms with Gasteiger partial charge in [0.1, 0.15) is 0 Å². The van der Waals surface area contributed by atoms with Crippen LogP contribution in [0.1, 0.15) is 12.5 Å². The first kappa shape index (κ1) is 10.1. The van der Waals surface area contributed by atoms with Crippen LogP contribution in [0, 0.1) is 0 Å². The fourth-order valence-electron chi connectivity index (χ4n) is 1.02. The van der Waals surface area contributed by atoms with Gasteiger partial charge in [-0.2, -0.15) is 0 Å². The molecule has 0 fully saturated rings. The van der Waals surface area contributed by atoms with Crippen LogP contribution >= 0.6 is 11.6 Å². The minimum absolute atomic E-state index is 0.0555. The Bertz CT molecular complexity index is 312. The molecule has 0 aliphatic carbocycles. The van der Waals surface area contributed by atoms with Crippen molar-refractivity contribution >= 4 is 17.5 Å². The van der Waals surface area contributed by atoms with Crippen LogP contribution < -0.4 is 0 Å². The van der Waals surface area contributed by atoms with Gasteiger partial charge < -0.3 is 4.90 Å². The molecule has 0 spiro atoms. The van der Waals surface area contributed by atoms with Crippen LogP contribution in [0.15, 0.2) is 24.3 Å². The normalized spacial score (nSPS) is 9.77. The molecule has 2 nitrogen and oxygen atoms in total. The lowest BCUT2D eigenvalue weighted by Gasteiger charge is -2.14. The first-order chi connectivity index (χ1) is 6.09. The minimum Gasteiger partial charge on any atom is -0.342 e. The molecular formula is C10H12ClNO. The number of rotatable bonds is 2. The van der Waals surface area contributed by atoms with Gasteiger partial charge in [0, 0.05) is 25.5 Å². The third-order valence-electron chi connectivity index (χ3n) is 1.85. The Morgan fingerprint density at radius 2 is 2.23 bits per heavy atom. The third-order valence-corrected chi connectivity index (χ3v) is 2.08. The summed E-state index contributed by atoms with van der Waals surface area (Å²) in [4.78, 5) is 12.6. The Morgan fingerprint density at radius 3 is 2.77 bits per heavy atom. The summed E-state index contributed by atoms with van der Waals surface area (Å²) in [5.74, 6) is 0.0555. The molecule has 70 valence electrons. The first-order valence-corrected chi connectivity index (χ1v) is 4.43. The topological polar surface area (TPSA) is 20.3 Å². The van der Waals surface area contributed by atoms with Gasteiger partial charge in [0.15, 0.2) is 0 Å². The summed E-state index contributed by atoms with van der Waals surface area (Å²) in [6.07, 6.45) is 0. The van der Waals surface area contributed by atoms with Crippen molar-refractivity contribution in [1.29, 1.82) is 0 Å². The molecule has 0 saturated heterocycles. The number of hydrogen-bond acceptors (Lipinski definition) is 1. The SMILES string of the molecule is CC(=O)N(C)Cc1cccc(Cl)c1. The zero-order chi connectivity index (χ0) is 9.84. The Morgan fingerprint density at radius 1 is 1.54 bits per heavy atom. The van der Waals surface area contributed by atoms with Crippen LogP contribution in [-0.4, -0.2) is 17.9 Å². The summed E-state index contributed by atoms with van der Waals surface area (Å²) < 4.78 is 0. The van der Waals surface area contributed by atoms with Crippen molar-refractivity contribution in [3.05, 3.63) is 34.9 Å². The molecule has 3 heteroatoms. The maximum absolute atomic E-state index is 10.9. The molecule has 0 saturated carbocycles. The number of hydrogen-bond donors (Lipinski definition) is 0. The van der Waals surface area contributed by atoms with Crippen LogP contribution in [0.4, 0.5) is 0 Å². The summed E-state index contributed by atoms with van der Waals surface area (Å²) in [6.45, 7) is 2.15. The van der Waals surface area contributed by atoms with Crippen LogP contribution in [0.3, 0.4) is 0 Å². The molecule has 0 aliphatic heterocycles. The van der Waals surface area contributed by atoms with Crippen molar-refractivity contribution < 1.29 is 4.79 Å². The van der Waals surface area contributed by atoms with Crippen molar-refractivity contribution in [3.8, 4) is 0 Å². The van der Waals surface area contributed by atoms with Crippen molar-refractivity contribution in [3.63, 3.8) is 0 Å². The second kappa shape index (κ2) is 4.28. The Kier molecular flexibility index (Phi) is 3.32. The van der Waals surface area contributed by atoms with E-state index in [1.165, 1.54) is 0 Å². The van der Waals surface area contributed by atoms with Crippen molar-refractivity contribution in [2.45, 2.75) is 13.5 Å². The number of amides is 1. The van der Waals surface area contributed by atoms with Gasteiger partial charge in [0.25, 0.3) is 0 Å². The van der Waals surface area contributed by atoms with E-state index >= 15 is 0 Å². The molecule has 1 aromatic carbocycles. The molecule has 13 heavy (non-hydrogen) atoms. The summed E-state index contributed by atoms with van der Waals surface area (Å²) >= 11 is 5.80. The fraction of sp³-hybridized carbons (Fsp3) is 0.300. The van der Waals surface area contributed by atoms with Crippen molar-refractivity contribution in [2.24, 2.45) is 0 Å². The third kappa shape index (κ3) is 3.07. The molecule has 1 amide bonds. The van der Waals surface area contributed by atoms with Crippen molar-refractivity contribution in [1.82, 2.24) is 4.90 Å². The van der Waals surface area contributed by atoms with Crippen LogP contribution in [0.2, 0.25) is 5.02 Å². The van der Waals surface area contributed by atoms with Gasteiger partial charge in [-0.1, -0.05) is 23.7 Å². The summed E-state index contributed by atoms with van der Waals surface area (Å²) in [7, 11) is 1.77. The molecule has 0 radical (unpaired) electrons. The van der Waals surface area contributed by atoms with Gasteiger partial charge in [0.05, 0.1) is 0 Å². The predicted molar refractivity (Wildman–Crippen MR) is 53.6 cm³/mol. The lowest BCUT2D eigenvalue weighted by molar-refractivity contribution is -0.128. The molecule has 0 bridgehead atoms. The fourth-order valence-corrected chi connectivity index (χ4v) is 1.23. The maximum atomic E-state index is 10.9. The number of nitrogens with zero attached hydrogens (tertiary/aromatic N) is 1. The van der Waals surface area contributed by atoms with Gasteiger partial charge in [-0.25, -0.2) is 0 Å². The maximum Gasteiger partial charge on any atom is 0.219 e. The Balaban J connectivity index is 2.69. The van der Waals surface area contributed by atoms with Gasteiger partial charge in [0.2, 0.25) is 5.91 Å². The number of carbonyl (C=O) groups excluding carboxylic acids is 1. The van der Waals surface area contributed by atoms with Gasteiger partial charge in [-0.3, -0.25) is 4.79 Å². The number of halogens is 1. The highest BCUT2D eigenvalue weighted by molar-refractivity contribution is 6.30. The number of benzene rings is 1. The molecule has 0 unspecified atom stereocenters. The Labute approximate surface area is 83.1 Å². The zero-order valence-corrected chi connectivity index (χ0v) is 8.51. The first-order valence-electron chi connectivity index (χ1n) is 4.06. The van der Waals surface area contributed by atoms with Crippen LogP contribution in [0.25, 0.3) is 0 Å². The molecule has 1 aromatic rings. The highest BCUT2D eigenvalue weighted by Gasteiger charge is 2.02. The molecule has 1 rings (SSSR count). The smallest absolute Gasteiger partial charge is 0.219 e. The largest absolute Gasteiger partial charge is 0.342 e. The van der Waals surface area contributed by atoms with Crippen LogP contribution in [-0.2, 0) is 11.3 Å². The standard InChI is InChI=1S/C10H12ClNO/c1-8(13)12(2)7-9-4-3-5-10(11)6-9/h3-6H,7H2,1-2H3. The monoisotopic (exact) mass is 197 g/mol. The van der Waals surface area contributed by atoms with Crippen LogP contribution in [0.5, 0.6) is 0 Å².